The molecule has 0 aliphatic rings. The monoisotopic (exact) mass is 333 g/mol. The number of aliphatic carboxylic acids is 1. The van der Waals surface area contributed by atoms with E-state index in [-0.39, 0.29) is 6.42 Å². The molecular formula is C16H16ClN3O3. The molecule has 1 heterocycles. The van der Waals surface area contributed by atoms with Crippen molar-refractivity contribution in [3.63, 3.8) is 0 Å². The summed E-state index contributed by atoms with van der Waals surface area (Å²) in [7, 11) is 0. The number of carbonyl (C=O) groups excluding carboxylic acids is 1. The Balaban J connectivity index is 1.91. The summed E-state index contributed by atoms with van der Waals surface area (Å²) in [5, 5.41) is 15.2. The van der Waals surface area contributed by atoms with Gasteiger partial charge < -0.3 is 10.4 Å². The van der Waals surface area contributed by atoms with E-state index in [1.165, 1.54) is 0 Å². The SMILES string of the molecule is O=C(C[C@@H](NCc1cccnc1)C(=O)O)Nc1cccc(Cl)c1. The lowest BCUT2D eigenvalue weighted by Crippen LogP contribution is -2.39. The number of benzene rings is 1. The molecule has 23 heavy (non-hydrogen) atoms. The fraction of sp³-hybridized carbons (Fsp3) is 0.188. The number of aromatic nitrogens is 1. The highest BCUT2D eigenvalue weighted by Gasteiger charge is 2.20. The van der Waals surface area contributed by atoms with E-state index < -0.39 is 17.9 Å². The summed E-state index contributed by atoms with van der Waals surface area (Å²) < 4.78 is 0. The summed E-state index contributed by atoms with van der Waals surface area (Å²) in [6, 6.07) is 9.26. The van der Waals surface area contributed by atoms with E-state index in [9.17, 15) is 14.7 Å². The quantitative estimate of drug-likeness (QED) is 0.723. The molecule has 0 saturated carbocycles. The Kier molecular flexibility index (Phi) is 6.08. The summed E-state index contributed by atoms with van der Waals surface area (Å²) in [5.41, 5.74) is 1.37. The van der Waals surface area contributed by atoms with Crippen LogP contribution in [-0.4, -0.2) is 28.0 Å². The zero-order chi connectivity index (χ0) is 16.7. The van der Waals surface area contributed by atoms with E-state index in [2.05, 4.69) is 15.6 Å². The number of rotatable bonds is 7. The second-order valence-corrected chi connectivity index (χ2v) is 5.33. The molecule has 2 aromatic rings. The number of carbonyl (C=O) groups is 2. The van der Waals surface area contributed by atoms with E-state index >= 15 is 0 Å². The van der Waals surface area contributed by atoms with Crippen LogP contribution in [0.4, 0.5) is 5.69 Å². The third-order valence-electron chi connectivity index (χ3n) is 3.07. The van der Waals surface area contributed by atoms with Gasteiger partial charge in [0.15, 0.2) is 0 Å². The molecule has 0 saturated heterocycles. The molecule has 2 rings (SSSR count). The second kappa shape index (κ2) is 8.26. The first-order valence-corrected chi connectivity index (χ1v) is 7.33. The number of amides is 1. The minimum atomic E-state index is -1.09. The van der Waals surface area contributed by atoms with Crippen molar-refractivity contribution in [3.05, 3.63) is 59.4 Å². The Labute approximate surface area is 138 Å². The van der Waals surface area contributed by atoms with Crippen molar-refractivity contribution >= 4 is 29.2 Å². The fourth-order valence-electron chi connectivity index (χ4n) is 1.95. The van der Waals surface area contributed by atoms with Gasteiger partial charge in [-0.3, -0.25) is 19.9 Å². The number of carboxylic acids is 1. The molecule has 0 radical (unpaired) electrons. The number of nitrogens with one attached hydrogen (secondary N) is 2. The van der Waals surface area contributed by atoms with Crippen LogP contribution in [-0.2, 0) is 16.1 Å². The zero-order valence-corrected chi connectivity index (χ0v) is 13.0. The smallest absolute Gasteiger partial charge is 0.321 e. The molecule has 6 nitrogen and oxygen atoms in total. The van der Waals surface area contributed by atoms with Crippen molar-refractivity contribution in [1.29, 1.82) is 0 Å². The summed E-state index contributed by atoms with van der Waals surface area (Å²) in [6.45, 7) is 0.315. The van der Waals surface area contributed by atoms with Gasteiger partial charge >= 0.3 is 5.97 Å². The molecule has 3 N–H and O–H groups in total. The zero-order valence-electron chi connectivity index (χ0n) is 12.2. The molecule has 0 bridgehead atoms. The molecular weight excluding hydrogens is 318 g/mol. The van der Waals surface area contributed by atoms with Gasteiger partial charge in [0.05, 0.1) is 6.42 Å². The molecule has 120 valence electrons. The van der Waals surface area contributed by atoms with Crippen LogP contribution >= 0.6 is 11.6 Å². The molecule has 0 fully saturated rings. The van der Waals surface area contributed by atoms with Crippen LogP contribution < -0.4 is 10.6 Å². The molecule has 0 spiro atoms. The van der Waals surface area contributed by atoms with Crippen molar-refractivity contribution in [1.82, 2.24) is 10.3 Å². The number of halogens is 1. The Morgan fingerprint density at radius 3 is 2.74 bits per heavy atom. The van der Waals surface area contributed by atoms with E-state index in [0.29, 0.717) is 17.3 Å². The van der Waals surface area contributed by atoms with Gasteiger partial charge in [-0.2, -0.15) is 0 Å². The topological polar surface area (TPSA) is 91.3 Å². The van der Waals surface area contributed by atoms with Crippen LogP contribution in [0.15, 0.2) is 48.8 Å². The number of anilines is 1. The van der Waals surface area contributed by atoms with Gasteiger partial charge in [0, 0.05) is 29.6 Å². The highest BCUT2D eigenvalue weighted by Crippen LogP contribution is 2.15. The molecule has 1 aromatic heterocycles. The van der Waals surface area contributed by atoms with Gasteiger partial charge in [0.2, 0.25) is 5.91 Å². The van der Waals surface area contributed by atoms with Gasteiger partial charge in [-0.25, -0.2) is 0 Å². The maximum Gasteiger partial charge on any atom is 0.321 e. The maximum atomic E-state index is 12.0. The molecule has 0 unspecified atom stereocenters. The Morgan fingerprint density at radius 2 is 2.09 bits per heavy atom. The predicted molar refractivity (Wildman–Crippen MR) is 87.2 cm³/mol. The van der Waals surface area contributed by atoms with Crippen molar-refractivity contribution in [2.24, 2.45) is 0 Å². The van der Waals surface area contributed by atoms with E-state index in [1.807, 2.05) is 6.07 Å². The highest BCUT2D eigenvalue weighted by atomic mass is 35.5. The number of hydrogen-bond acceptors (Lipinski definition) is 4. The van der Waals surface area contributed by atoms with Gasteiger partial charge in [-0.15, -0.1) is 0 Å². The third-order valence-corrected chi connectivity index (χ3v) is 3.31. The van der Waals surface area contributed by atoms with Crippen molar-refractivity contribution in [2.45, 2.75) is 19.0 Å². The van der Waals surface area contributed by atoms with Crippen LogP contribution in [0.25, 0.3) is 0 Å². The van der Waals surface area contributed by atoms with Crippen LogP contribution in [0.2, 0.25) is 5.02 Å². The Morgan fingerprint density at radius 1 is 1.26 bits per heavy atom. The van der Waals surface area contributed by atoms with Crippen LogP contribution in [0, 0.1) is 0 Å². The van der Waals surface area contributed by atoms with Gasteiger partial charge in [0.1, 0.15) is 6.04 Å². The average Bonchev–Trinajstić information content (AvgIpc) is 2.52. The van der Waals surface area contributed by atoms with Crippen LogP contribution in [0.3, 0.4) is 0 Å². The number of pyridine rings is 1. The van der Waals surface area contributed by atoms with Crippen molar-refractivity contribution in [2.75, 3.05) is 5.32 Å². The summed E-state index contributed by atoms with van der Waals surface area (Å²) in [6.07, 6.45) is 3.08. The largest absolute Gasteiger partial charge is 0.480 e. The normalized spacial score (nSPS) is 11.7. The minimum absolute atomic E-state index is 0.192. The van der Waals surface area contributed by atoms with Gasteiger partial charge in [-0.05, 0) is 29.8 Å². The summed E-state index contributed by atoms with van der Waals surface area (Å²) in [5.74, 6) is -1.49. The van der Waals surface area contributed by atoms with Crippen molar-refractivity contribution in [3.8, 4) is 0 Å². The minimum Gasteiger partial charge on any atom is -0.480 e. The molecule has 0 aliphatic carbocycles. The third kappa shape index (κ3) is 5.69. The van der Waals surface area contributed by atoms with E-state index in [0.717, 1.165) is 5.56 Å². The molecule has 0 aliphatic heterocycles. The highest BCUT2D eigenvalue weighted by molar-refractivity contribution is 6.30. The lowest BCUT2D eigenvalue weighted by molar-refractivity contribution is -0.141. The first kappa shape index (κ1) is 16.9. The Hall–Kier alpha value is -2.44. The molecule has 7 heteroatoms. The first-order chi connectivity index (χ1) is 11.0. The molecule has 1 aromatic carbocycles. The number of nitrogens with zero attached hydrogens (tertiary/aromatic N) is 1. The van der Waals surface area contributed by atoms with E-state index in [4.69, 9.17) is 11.6 Å². The van der Waals surface area contributed by atoms with Crippen LogP contribution in [0.1, 0.15) is 12.0 Å². The number of carboxylic acid groups (broad SMARTS) is 1. The standard InChI is InChI=1S/C16H16ClN3O3/c17-12-4-1-5-13(7-12)20-15(21)8-14(16(22)23)19-10-11-3-2-6-18-9-11/h1-7,9,14,19H,8,10H2,(H,20,21)(H,22,23)/t14-/m1/s1. The molecule has 1 atom stereocenters. The average molecular weight is 334 g/mol. The summed E-state index contributed by atoms with van der Waals surface area (Å²) >= 11 is 5.84. The predicted octanol–water partition coefficient (Wildman–Crippen LogP) is 2.31. The number of hydrogen-bond donors (Lipinski definition) is 3. The lowest BCUT2D eigenvalue weighted by Gasteiger charge is -2.14. The van der Waals surface area contributed by atoms with E-state index in [1.54, 1.807) is 42.7 Å². The van der Waals surface area contributed by atoms with Gasteiger partial charge in [-0.1, -0.05) is 23.7 Å². The Bertz CT molecular complexity index is 679. The van der Waals surface area contributed by atoms with Crippen LogP contribution in [0.5, 0.6) is 0 Å². The fourth-order valence-corrected chi connectivity index (χ4v) is 2.14. The van der Waals surface area contributed by atoms with Crippen molar-refractivity contribution < 1.29 is 14.7 Å². The lowest BCUT2D eigenvalue weighted by atomic mass is 10.1. The second-order valence-electron chi connectivity index (χ2n) is 4.90. The first-order valence-electron chi connectivity index (χ1n) is 6.95. The molecule has 1 amide bonds. The summed E-state index contributed by atoms with van der Waals surface area (Å²) in [4.78, 5) is 27.2. The van der Waals surface area contributed by atoms with Gasteiger partial charge in [0.25, 0.3) is 0 Å². The maximum absolute atomic E-state index is 12.0.